The zero-order valence-corrected chi connectivity index (χ0v) is 12.2. The second-order valence-electron chi connectivity index (χ2n) is 6.48. The summed E-state index contributed by atoms with van der Waals surface area (Å²) < 4.78 is 0. The number of rotatable bonds is 1. The van der Waals surface area contributed by atoms with E-state index >= 15 is 0 Å². The van der Waals surface area contributed by atoms with E-state index in [2.05, 4.69) is 61.5 Å². The van der Waals surface area contributed by atoms with Gasteiger partial charge in [-0.3, -0.25) is 0 Å². The average molecular weight is 269 g/mol. The molecular formula is C21H17. The molecule has 1 unspecified atom stereocenters. The topological polar surface area (TPSA) is 0 Å². The Hall–Kier alpha value is -2.08. The maximum absolute atomic E-state index is 3.64. The maximum Gasteiger partial charge on any atom is 0.0320 e. The van der Waals surface area contributed by atoms with Gasteiger partial charge in [-0.2, -0.15) is 0 Å². The number of allylic oxidation sites excluding steroid dienone is 4. The Morgan fingerprint density at radius 1 is 0.905 bits per heavy atom. The van der Waals surface area contributed by atoms with E-state index in [0.29, 0.717) is 5.92 Å². The van der Waals surface area contributed by atoms with Crippen LogP contribution in [0.25, 0.3) is 11.1 Å². The third-order valence-electron chi connectivity index (χ3n) is 5.37. The highest BCUT2D eigenvalue weighted by Crippen LogP contribution is 2.55. The van der Waals surface area contributed by atoms with Crippen molar-refractivity contribution in [2.75, 3.05) is 0 Å². The van der Waals surface area contributed by atoms with Crippen molar-refractivity contribution < 1.29 is 0 Å². The molecular weight excluding hydrogens is 252 g/mol. The van der Waals surface area contributed by atoms with Crippen molar-refractivity contribution in [3.8, 4) is 11.1 Å². The minimum atomic E-state index is 0.463. The molecule has 0 saturated heterocycles. The number of benzene rings is 2. The molecule has 0 nitrogen and oxygen atoms in total. The van der Waals surface area contributed by atoms with E-state index in [4.69, 9.17) is 0 Å². The summed E-state index contributed by atoms with van der Waals surface area (Å²) in [4.78, 5) is 0. The van der Waals surface area contributed by atoms with Crippen molar-refractivity contribution in [1.29, 1.82) is 0 Å². The van der Waals surface area contributed by atoms with Crippen LogP contribution in [-0.2, 0) is 0 Å². The van der Waals surface area contributed by atoms with Crippen molar-refractivity contribution in [3.05, 3.63) is 82.5 Å². The van der Waals surface area contributed by atoms with Gasteiger partial charge in [-0.1, -0.05) is 61.0 Å². The van der Waals surface area contributed by atoms with E-state index in [0.717, 1.165) is 12.3 Å². The summed E-state index contributed by atoms with van der Waals surface area (Å²) in [5.74, 6) is 1.19. The normalized spacial score (nSPS) is 22.5. The lowest BCUT2D eigenvalue weighted by molar-refractivity contribution is 0.588. The largest absolute Gasteiger partial charge is 0.0619 e. The minimum absolute atomic E-state index is 0.463. The summed E-state index contributed by atoms with van der Waals surface area (Å²) in [6.07, 6.45) is 5.92. The van der Waals surface area contributed by atoms with Gasteiger partial charge in [0.2, 0.25) is 0 Å². The molecule has 101 valence electrons. The van der Waals surface area contributed by atoms with Crippen LogP contribution in [0.5, 0.6) is 0 Å². The van der Waals surface area contributed by atoms with Crippen LogP contribution in [0.3, 0.4) is 0 Å². The summed E-state index contributed by atoms with van der Waals surface area (Å²) in [6, 6.07) is 17.9. The Balaban J connectivity index is 1.73. The first-order valence-electron chi connectivity index (χ1n) is 7.86. The summed E-state index contributed by atoms with van der Waals surface area (Å²) in [6.45, 7) is 2.32. The van der Waals surface area contributed by atoms with Crippen LogP contribution in [-0.4, -0.2) is 0 Å². The van der Waals surface area contributed by atoms with Crippen LogP contribution in [0.15, 0.2) is 65.3 Å². The SMILES string of the molecule is CC1CC2=C(C3c4ccccc4-c4ccccc43)C[C]=C21. The number of fused-ring (bicyclic) bond motifs is 4. The molecule has 21 heavy (non-hydrogen) atoms. The molecule has 2 aromatic carbocycles. The Kier molecular flexibility index (Phi) is 2.19. The van der Waals surface area contributed by atoms with Gasteiger partial charge in [0.05, 0.1) is 0 Å². The van der Waals surface area contributed by atoms with Gasteiger partial charge in [-0.25, -0.2) is 0 Å². The summed E-state index contributed by atoms with van der Waals surface area (Å²) in [7, 11) is 0. The molecule has 3 aliphatic carbocycles. The van der Waals surface area contributed by atoms with E-state index in [1.165, 1.54) is 34.2 Å². The Morgan fingerprint density at radius 3 is 2.10 bits per heavy atom. The summed E-state index contributed by atoms with van der Waals surface area (Å²) >= 11 is 0. The number of hydrogen-bond donors (Lipinski definition) is 0. The van der Waals surface area contributed by atoms with Gasteiger partial charge in [-0.15, -0.1) is 0 Å². The Bertz CT molecular complexity index is 774. The highest BCUT2D eigenvalue weighted by atomic mass is 14.4. The van der Waals surface area contributed by atoms with Gasteiger partial charge in [0, 0.05) is 5.92 Å². The van der Waals surface area contributed by atoms with E-state index in [1.807, 2.05) is 0 Å². The molecule has 1 radical (unpaired) electrons. The summed E-state index contributed by atoms with van der Waals surface area (Å²) in [5, 5.41) is 0. The van der Waals surface area contributed by atoms with Crippen molar-refractivity contribution in [2.24, 2.45) is 5.92 Å². The lowest BCUT2D eigenvalue weighted by atomic mass is 9.74. The molecule has 3 aliphatic rings. The minimum Gasteiger partial charge on any atom is -0.0619 e. The van der Waals surface area contributed by atoms with Gasteiger partial charge in [0.1, 0.15) is 0 Å². The lowest BCUT2D eigenvalue weighted by Gasteiger charge is -2.30. The Morgan fingerprint density at radius 2 is 1.52 bits per heavy atom. The van der Waals surface area contributed by atoms with Crippen LogP contribution in [0, 0.1) is 12.0 Å². The smallest absolute Gasteiger partial charge is 0.0320 e. The quantitative estimate of drug-likeness (QED) is 0.661. The zero-order valence-electron chi connectivity index (χ0n) is 12.2. The second kappa shape index (κ2) is 3.98. The molecule has 5 rings (SSSR count). The average Bonchev–Trinajstić information content (AvgIpc) is 3.02. The molecule has 0 heteroatoms. The predicted octanol–water partition coefficient (Wildman–Crippen LogP) is 5.27. The molecule has 0 aromatic heterocycles. The fourth-order valence-corrected chi connectivity index (χ4v) is 4.37. The molecule has 1 saturated carbocycles. The van der Waals surface area contributed by atoms with Crippen LogP contribution < -0.4 is 0 Å². The third kappa shape index (κ3) is 1.40. The molecule has 0 N–H and O–H groups in total. The van der Waals surface area contributed by atoms with Crippen LogP contribution >= 0.6 is 0 Å². The van der Waals surface area contributed by atoms with Crippen molar-refractivity contribution in [2.45, 2.75) is 25.7 Å². The first-order chi connectivity index (χ1) is 10.3. The van der Waals surface area contributed by atoms with Crippen LogP contribution in [0.1, 0.15) is 36.8 Å². The molecule has 0 amide bonds. The zero-order chi connectivity index (χ0) is 14.0. The highest BCUT2D eigenvalue weighted by molar-refractivity contribution is 5.81. The monoisotopic (exact) mass is 269 g/mol. The van der Waals surface area contributed by atoms with Crippen molar-refractivity contribution >= 4 is 0 Å². The Labute approximate surface area is 125 Å². The second-order valence-corrected chi connectivity index (χ2v) is 6.48. The first-order valence-corrected chi connectivity index (χ1v) is 7.86. The predicted molar refractivity (Wildman–Crippen MR) is 85.9 cm³/mol. The lowest BCUT2D eigenvalue weighted by Crippen LogP contribution is -2.16. The standard InChI is InChI=1S/C21H17/c1-13-12-20-14(13)10-11-19(20)21-17-8-4-2-6-15(17)16-7-3-5-9-18(16)21/h2-9,13,21H,11-12H2,1H3. The van der Waals surface area contributed by atoms with E-state index in [9.17, 15) is 0 Å². The molecule has 1 atom stereocenters. The number of hydrogen-bond acceptors (Lipinski definition) is 0. The van der Waals surface area contributed by atoms with Gasteiger partial charge >= 0.3 is 0 Å². The van der Waals surface area contributed by atoms with Crippen molar-refractivity contribution in [3.63, 3.8) is 0 Å². The van der Waals surface area contributed by atoms with Crippen LogP contribution in [0.4, 0.5) is 0 Å². The molecule has 0 aliphatic heterocycles. The molecule has 0 bridgehead atoms. The van der Waals surface area contributed by atoms with E-state index in [1.54, 1.807) is 11.1 Å². The van der Waals surface area contributed by atoms with Gasteiger partial charge in [0.25, 0.3) is 0 Å². The fraction of sp³-hybridized carbons (Fsp3) is 0.238. The van der Waals surface area contributed by atoms with E-state index < -0.39 is 0 Å². The molecule has 0 heterocycles. The van der Waals surface area contributed by atoms with Crippen molar-refractivity contribution in [1.82, 2.24) is 0 Å². The summed E-state index contributed by atoms with van der Waals surface area (Å²) in [5.41, 5.74) is 10.6. The third-order valence-corrected chi connectivity index (χ3v) is 5.37. The van der Waals surface area contributed by atoms with Gasteiger partial charge in [-0.05, 0) is 58.2 Å². The van der Waals surface area contributed by atoms with Gasteiger partial charge in [0.15, 0.2) is 0 Å². The molecule has 1 fully saturated rings. The van der Waals surface area contributed by atoms with E-state index in [-0.39, 0.29) is 0 Å². The van der Waals surface area contributed by atoms with Gasteiger partial charge < -0.3 is 0 Å². The van der Waals surface area contributed by atoms with Crippen LogP contribution in [0.2, 0.25) is 0 Å². The maximum atomic E-state index is 3.64. The fourth-order valence-electron chi connectivity index (χ4n) is 4.37. The highest BCUT2D eigenvalue weighted by Gasteiger charge is 2.38. The molecule has 2 aromatic rings. The molecule has 0 spiro atoms. The first kappa shape index (κ1) is 11.6.